The van der Waals surface area contributed by atoms with Gasteiger partial charge >= 0.3 is 5.97 Å². The van der Waals surface area contributed by atoms with Crippen molar-refractivity contribution >= 4 is 5.97 Å². The van der Waals surface area contributed by atoms with Gasteiger partial charge in [0.25, 0.3) is 0 Å². The van der Waals surface area contributed by atoms with E-state index >= 15 is 0 Å². The van der Waals surface area contributed by atoms with Crippen LogP contribution in [0.1, 0.15) is 38.5 Å². The minimum Gasteiger partial charge on any atom is -0.480 e. The third kappa shape index (κ3) is 1.63. The summed E-state index contributed by atoms with van der Waals surface area (Å²) in [4.78, 5) is 13.3. The third-order valence-electron chi connectivity index (χ3n) is 3.58. The fourth-order valence-corrected chi connectivity index (χ4v) is 2.52. The van der Waals surface area contributed by atoms with Crippen LogP contribution in [0.4, 0.5) is 0 Å². The number of furan rings is 1. The van der Waals surface area contributed by atoms with Gasteiger partial charge in [0, 0.05) is 6.54 Å². The average molecular weight is 223 g/mol. The van der Waals surface area contributed by atoms with E-state index in [2.05, 4.69) is 0 Å². The van der Waals surface area contributed by atoms with Gasteiger partial charge in [0.2, 0.25) is 0 Å². The molecule has 1 aliphatic rings. The number of nitrogens with zero attached hydrogens (tertiary/aromatic N) is 1. The van der Waals surface area contributed by atoms with Gasteiger partial charge < -0.3 is 9.52 Å². The predicted molar refractivity (Wildman–Crippen MR) is 59.1 cm³/mol. The topological polar surface area (TPSA) is 53.7 Å². The van der Waals surface area contributed by atoms with E-state index in [4.69, 9.17) is 4.42 Å². The minimum absolute atomic E-state index is 0.0126. The molecule has 2 rings (SSSR count). The lowest BCUT2D eigenvalue weighted by Crippen LogP contribution is -2.48. The van der Waals surface area contributed by atoms with Gasteiger partial charge in [-0.25, -0.2) is 0 Å². The fourth-order valence-electron chi connectivity index (χ4n) is 2.52. The number of carbonyl (C=O) groups is 1. The van der Waals surface area contributed by atoms with Crippen LogP contribution in [-0.4, -0.2) is 28.1 Å². The minimum atomic E-state index is -0.758. The monoisotopic (exact) mass is 223 g/mol. The highest BCUT2D eigenvalue weighted by molar-refractivity contribution is 5.78. The Hall–Kier alpha value is -1.29. The number of likely N-dealkylation sites (tertiary alicyclic amines) is 1. The second kappa shape index (κ2) is 3.94. The molecule has 1 fully saturated rings. The SMILES string of the molecule is CC(c1ccco1)N1CCCC1(C)C(=O)O. The molecule has 0 spiro atoms. The smallest absolute Gasteiger partial charge is 0.323 e. The Bertz CT molecular complexity index is 374. The lowest BCUT2D eigenvalue weighted by molar-refractivity contribution is -0.150. The fraction of sp³-hybridized carbons (Fsp3) is 0.583. The van der Waals surface area contributed by atoms with Crippen LogP contribution in [0.25, 0.3) is 0 Å². The van der Waals surface area contributed by atoms with Crippen molar-refractivity contribution in [2.24, 2.45) is 0 Å². The van der Waals surface area contributed by atoms with Crippen molar-refractivity contribution in [2.75, 3.05) is 6.54 Å². The van der Waals surface area contributed by atoms with Crippen molar-refractivity contribution in [3.63, 3.8) is 0 Å². The molecule has 0 bridgehead atoms. The molecule has 2 heterocycles. The molecular formula is C12H17NO3. The normalized spacial score (nSPS) is 28.1. The van der Waals surface area contributed by atoms with Crippen LogP contribution >= 0.6 is 0 Å². The van der Waals surface area contributed by atoms with Gasteiger partial charge in [-0.3, -0.25) is 9.69 Å². The van der Waals surface area contributed by atoms with Crippen LogP contribution in [0.2, 0.25) is 0 Å². The lowest BCUT2D eigenvalue weighted by atomic mass is 9.97. The summed E-state index contributed by atoms with van der Waals surface area (Å²) < 4.78 is 5.35. The number of carboxylic acids is 1. The number of aliphatic carboxylic acids is 1. The standard InChI is InChI=1S/C12H17NO3/c1-9(10-5-3-8-16-10)13-7-4-6-12(13,2)11(14)15/h3,5,8-9H,4,6-7H2,1-2H3,(H,14,15). The highest BCUT2D eigenvalue weighted by Gasteiger charge is 2.46. The summed E-state index contributed by atoms with van der Waals surface area (Å²) in [6.45, 7) is 4.60. The molecule has 1 aromatic heterocycles. The molecule has 2 unspecified atom stereocenters. The van der Waals surface area contributed by atoms with Crippen LogP contribution in [-0.2, 0) is 4.79 Å². The van der Waals surface area contributed by atoms with Crippen molar-refractivity contribution in [3.05, 3.63) is 24.2 Å². The number of hydrogen-bond donors (Lipinski definition) is 1. The summed E-state index contributed by atoms with van der Waals surface area (Å²) in [6.07, 6.45) is 3.25. The van der Waals surface area contributed by atoms with Gasteiger partial charge in [-0.1, -0.05) is 0 Å². The van der Waals surface area contributed by atoms with Crippen molar-refractivity contribution in [1.82, 2.24) is 4.90 Å². The summed E-state index contributed by atoms with van der Waals surface area (Å²) >= 11 is 0. The van der Waals surface area contributed by atoms with Gasteiger partial charge in [0.1, 0.15) is 11.3 Å². The largest absolute Gasteiger partial charge is 0.480 e. The van der Waals surface area contributed by atoms with Gasteiger partial charge in [-0.05, 0) is 38.8 Å². The maximum Gasteiger partial charge on any atom is 0.323 e. The van der Waals surface area contributed by atoms with E-state index in [1.165, 1.54) is 0 Å². The molecule has 4 nitrogen and oxygen atoms in total. The van der Waals surface area contributed by atoms with E-state index in [1.54, 1.807) is 13.2 Å². The van der Waals surface area contributed by atoms with E-state index in [9.17, 15) is 9.90 Å². The summed E-state index contributed by atoms with van der Waals surface area (Å²) in [6, 6.07) is 3.74. The Balaban J connectivity index is 2.24. The molecule has 0 aromatic carbocycles. The van der Waals surface area contributed by atoms with Crippen LogP contribution < -0.4 is 0 Å². The summed E-state index contributed by atoms with van der Waals surface area (Å²) in [5, 5.41) is 9.32. The van der Waals surface area contributed by atoms with E-state index in [0.29, 0.717) is 6.42 Å². The first-order chi connectivity index (χ1) is 7.55. The van der Waals surface area contributed by atoms with E-state index in [1.807, 2.05) is 24.0 Å². The molecule has 4 heteroatoms. The molecule has 2 atom stereocenters. The van der Waals surface area contributed by atoms with Crippen LogP contribution in [0, 0.1) is 0 Å². The first kappa shape index (κ1) is 11.2. The lowest BCUT2D eigenvalue weighted by Gasteiger charge is -2.35. The van der Waals surface area contributed by atoms with Gasteiger partial charge in [-0.2, -0.15) is 0 Å². The van der Waals surface area contributed by atoms with E-state index in [-0.39, 0.29) is 6.04 Å². The highest BCUT2D eigenvalue weighted by Crippen LogP contribution is 2.36. The second-order valence-electron chi connectivity index (χ2n) is 4.57. The molecule has 0 amide bonds. The quantitative estimate of drug-likeness (QED) is 0.854. The summed E-state index contributed by atoms with van der Waals surface area (Å²) in [7, 11) is 0. The zero-order valence-electron chi connectivity index (χ0n) is 9.64. The Morgan fingerprint density at radius 3 is 3.00 bits per heavy atom. The number of rotatable bonds is 3. The summed E-state index contributed by atoms with van der Waals surface area (Å²) in [5.74, 6) is 0.0813. The maximum absolute atomic E-state index is 11.3. The molecule has 0 saturated carbocycles. The Labute approximate surface area is 94.9 Å². The second-order valence-corrected chi connectivity index (χ2v) is 4.57. The molecule has 1 aromatic rings. The molecule has 88 valence electrons. The number of carboxylic acid groups (broad SMARTS) is 1. The zero-order valence-corrected chi connectivity index (χ0v) is 9.64. The Morgan fingerprint density at radius 1 is 1.69 bits per heavy atom. The molecule has 0 radical (unpaired) electrons. The van der Waals surface area contributed by atoms with Crippen molar-refractivity contribution < 1.29 is 14.3 Å². The molecule has 1 saturated heterocycles. The highest BCUT2D eigenvalue weighted by atomic mass is 16.4. The summed E-state index contributed by atoms with van der Waals surface area (Å²) in [5.41, 5.74) is -0.758. The predicted octanol–water partition coefficient (Wildman–Crippen LogP) is 2.28. The third-order valence-corrected chi connectivity index (χ3v) is 3.58. The van der Waals surface area contributed by atoms with E-state index < -0.39 is 11.5 Å². The van der Waals surface area contributed by atoms with Crippen molar-refractivity contribution in [1.29, 1.82) is 0 Å². The molecule has 16 heavy (non-hydrogen) atoms. The van der Waals surface area contributed by atoms with Crippen molar-refractivity contribution in [2.45, 2.75) is 38.3 Å². The number of hydrogen-bond acceptors (Lipinski definition) is 3. The van der Waals surface area contributed by atoms with Gasteiger partial charge in [-0.15, -0.1) is 0 Å². The van der Waals surface area contributed by atoms with Crippen molar-refractivity contribution in [3.8, 4) is 0 Å². The zero-order chi connectivity index (χ0) is 11.8. The Kier molecular flexibility index (Phi) is 2.76. The van der Waals surface area contributed by atoms with E-state index in [0.717, 1.165) is 18.7 Å². The Morgan fingerprint density at radius 2 is 2.44 bits per heavy atom. The molecule has 1 N–H and O–H groups in total. The molecular weight excluding hydrogens is 206 g/mol. The average Bonchev–Trinajstić information content (AvgIpc) is 2.85. The van der Waals surface area contributed by atoms with Crippen LogP contribution in [0.3, 0.4) is 0 Å². The van der Waals surface area contributed by atoms with Crippen LogP contribution in [0.5, 0.6) is 0 Å². The molecule has 0 aliphatic carbocycles. The maximum atomic E-state index is 11.3. The molecule has 1 aliphatic heterocycles. The van der Waals surface area contributed by atoms with Crippen LogP contribution in [0.15, 0.2) is 22.8 Å². The van der Waals surface area contributed by atoms with Gasteiger partial charge in [0.15, 0.2) is 0 Å². The first-order valence-electron chi connectivity index (χ1n) is 5.59. The first-order valence-corrected chi connectivity index (χ1v) is 5.59. The van der Waals surface area contributed by atoms with Gasteiger partial charge in [0.05, 0.1) is 12.3 Å².